The van der Waals surface area contributed by atoms with Gasteiger partial charge < -0.3 is 9.55 Å². The van der Waals surface area contributed by atoms with Crippen LogP contribution in [0.25, 0.3) is 11.0 Å². The molecule has 19 heavy (non-hydrogen) atoms. The lowest BCUT2D eigenvalue weighted by Gasteiger charge is -2.03. The van der Waals surface area contributed by atoms with Crippen molar-refractivity contribution in [3.8, 4) is 0 Å². The largest absolute Gasteiger partial charge is 0.331 e. The summed E-state index contributed by atoms with van der Waals surface area (Å²) in [4.78, 5) is 3.23. The molecule has 1 aromatic carbocycles. The van der Waals surface area contributed by atoms with Crippen molar-refractivity contribution >= 4 is 39.2 Å². The summed E-state index contributed by atoms with van der Waals surface area (Å²) in [7, 11) is 1.93. The molecule has 0 unspecified atom stereocenters. The second kappa shape index (κ2) is 4.94. The Bertz CT molecular complexity index is 783. The minimum Gasteiger partial charge on any atom is -0.331 e. The fraction of sp³-hybridized carbons (Fsp3) is 0.231. The van der Waals surface area contributed by atoms with Crippen LogP contribution in [0, 0.1) is 4.77 Å². The highest BCUT2D eigenvalue weighted by Crippen LogP contribution is 2.20. The Kier molecular flexibility index (Phi) is 3.28. The van der Waals surface area contributed by atoms with Gasteiger partial charge in [0.25, 0.3) is 0 Å². The van der Waals surface area contributed by atoms with Crippen LogP contribution in [0.3, 0.4) is 0 Å². The monoisotopic (exact) mass is 336 g/mol. The first kappa shape index (κ1) is 12.6. The smallest absolute Gasteiger partial charge is 0.178 e. The molecule has 0 atom stereocenters. The lowest BCUT2D eigenvalue weighted by Crippen LogP contribution is -2.00. The van der Waals surface area contributed by atoms with Crippen LogP contribution in [0.5, 0.6) is 0 Å². The number of hydrogen-bond donors (Lipinski definition) is 1. The minimum absolute atomic E-state index is 0.761. The number of halogens is 1. The molecule has 3 aromatic rings. The number of fused-ring (bicyclic) bond motifs is 1. The fourth-order valence-electron chi connectivity index (χ4n) is 2.19. The standard InChI is InChI=1S/C13H13BrN4S/c1-17-8-9(7-15-17)4-5-18-12-6-10(14)2-3-11(12)16-13(18)19/h2-3,6-8H,4-5H2,1H3,(H,16,19). The molecule has 2 aromatic heterocycles. The molecule has 6 heteroatoms. The van der Waals surface area contributed by atoms with E-state index < -0.39 is 0 Å². The summed E-state index contributed by atoms with van der Waals surface area (Å²) in [6.45, 7) is 0.848. The van der Waals surface area contributed by atoms with Crippen molar-refractivity contribution in [2.24, 2.45) is 7.05 Å². The topological polar surface area (TPSA) is 38.5 Å². The van der Waals surface area contributed by atoms with Crippen molar-refractivity contribution in [2.75, 3.05) is 0 Å². The molecule has 0 saturated carbocycles. The van der Waals surface area contributed by atoms with E-state index in [1.807, 2.05) is 36.3 Å². The summed E-state index contributed by atoms with van der Waals surface area (Å²) in [6, 6.07) is 6.14. The van der Waals surface area contributed by atoms with Crippen LogP contribution in [-0.2, 0) is 20.0 Å². The van der Waals surface area contributed by atoms with Crippen LogP contribution >= 0.6 is 28.1 Å². The zero-order chi connectivity index (χ0) is 13.4. The third-order valence-electron chi connectivity index (χ3n) is 3.12. The molecule has 0 amide bonds. The van der Waals surface area contributed by atoms with E-state index in [4.69, 9.17) is 12.2 Å². The Hall–Kier alpha value is -1.40. The van der Waals surface area contributed by atoms with Gasteiger partial charge >= 0.3 is 0 Å². The molecule has 0 bridgehead atoms. The van der Waals surface area contributed by atoms with Gasteiger partial charge in [-0.25, -0.2) is 0 Å². The van der Waals surface area contributed by atoms with E-state index >= 15 is 0 Å². The average Bonchev–Trinajstić information content (AvgIpc) is 2.90. The van der Waals surface area contributed by atoms with Crippen LogP contribution in [0.15, 0.2) is 35.1 Å². The van der Waals surface area contributed by atoms with Gasteiger partial charge in [0.15, 0.2) is 4.77 Å². The molecule has 2 heterocycles. The lowest BCUT2D eigenvalue weighted by atomic mass is 10.2. The highest BCUT2D eigenvalue weighted by Gasteiger charge is 2.05. The quantitative estimate of drug-likeness (QED) is 0.744. The molecule has 0 spiro atoms. The maximum atomic E-state index is 5.39. The summed E-state index contributed by atoms with van der Waals surface area (Å²) in [6.07, 6.45) is 4.85. The van der Waals surface area contributed by atoms with Gasteiger partial charge in [0.05, 0.1) is 17.2 Å². The Labute approximate surface area is 124 Å². The highest BCUT2D eigenvalue weighted by atomic mass is 79.9. The van der Waals surface area contributed by atoms with E-state index in [2.05, 4.69) is 36.6 Å². The molecule has 98 valence electrons. The van der Waals surface area contributed by atoms with Gasteiger partial charge in [-0.05, 0) is 42.4 Å². The molecule has 0 saturated heterocycles. The maximum absolute atomic E-state index is 5.39. The van der Waals surface area contributed by atoms with Crippen LogP contribution in [0.4, 0.5) is 0 Å². The number of hydrogen-bond acceptors (Lipinski definition) is 2. The normalized spacial score (nSPS) is 11.3. The summed E-state index contributed by atoms with van der Waals surface area (Å²) in [5.74, 6) is 0. The molecule has 0 aliphatic carbocycles. The Balaban J connectivity index is 1.94. The van der Waals surface area contributed by atoms with Crippen LogP contribution in [-0.4, -0.2) is 19.3 Å². The molecule has 0 fully saturated rings. The van der Waals surface area contributed by atoms with Crippen molar-refractivity contribution in [1.82, 2.24) is 19.3 Å². The summed E-state index contributed by atoms with van der Waals surface area (Å²) < 4.78 is 5.77. The third kappa shape index (κ3) is 2.50. The van der Waals surface area contributed by atoms with E-state index in [0.717, 1.165) is 33.2 Å². The van der Waals surface area contributed by atoms with E-state index in [9.17, 15) is 0 Å². The molecule has 0 aliphatic heterocycles. The first-order chi connectivity index (χ1) is 9.13. The molecule has 0 aliphatic rings. The van der Waals surface area contributed by atoms with Crippen LogP contribution < -0.4 is 0 Å². The molecular formula is C13H13BrN4S. The van der Waals surface area contributed by atoms with Gasteiger partial charge in [0, 0.05) is 24.3 Å². The van der Waals surface area contributed by atoms with Crippen molar-refractivity contribution in [2.45, 2.75) is 13.0 Å². The van der Waals surface area contributed by atoms with Gasteiger partial charge in [-0.1, -0.05) is 15.9 Å². The minimum atomic E-state index is 0.761. The second-order valence-electron chi connectivity index (χ2n) is 4.52. The number of nitrogens with one attached hydrogen (secondary N) is 1. The SMILES string of the molecule is Cn1cc(CCn2c(=S)[nH]c3ccc(Br)cc32)cn1. The predicted molar refractivity (Wildman–Crippen MR) is 81.7 cm³/mol. The van der Waals surface area contributed by atoms with E-state index in [-0.39, 0.29) is 0 Å². The van der Waals surface area contributed by atoms with E-state index in [0.29, 0.717) is 0 Å². The predicted octanol–water partition coefficient (Wildman–Crippen LogP) is 3.44. The first-order valence-electron chi connectivity index (χ1n) is 5.99. The number of aromatic nitrogens is 4. The van der Waals surface area contributed by atoms with Crippen molar-refractivity contribution in [3.63, 3.8) is 0 Å². The molecule has 3 rings (SSSR count). The Morgan fingerprint density at radius 3 is 3.00 bits per heavy atom. The molecular weight excluding hydrogens is 324 g/mol. The van der Waals surface area contributed by atoms with Gasteiger partial charge in [0.1, 0.15) is 0 Å². The summed E-state index contributed by atoms with van der Waals surface area (Å²) >= 11 is 8.89. The molecule has 4 nitrogen and oxygen atoms in total. The van der Waals surface area contributed by atoms with E-state index in [1.54, 1.807) is 0 Å². The average molecular weight is 337 g/mol. The van der Waals surface area contributed by atoms with Gasteiger partial charge in [-0.3, -0.25) is 4.68 Å². The molecule has 0 radical (unpaired) electrons. The third-order valence-corrected chi connectivity index (χ3v) is 3.94. The summed E-state index contributed by atoms with van der Waals surface area (Å²) in [5, 5.41) is 4.18. The zero-order valence-corrected chi connectivity index (χ0v) is 12.8. The number of aromatic amines is 1. The van der Waals surface area contributed by atoms with Crippen LogP contribution in [0.2, 0.25) is 0 Å². The zero-order valence-electron chi connectivity index (χ0n) is 10.4. The van der Waals surface area contributed by atoms with Crippen molar-refractivity contribution in [1.29, 1.82) is 0 Å². The number of aryl methyl sites for hydroxylation is 3. The number of imidazole rings is 1. The highest BCUT2D eigenvalue weighted by molar-refractivity contribution is 9.10. The lowest BCUT2D eigenvalue weighted by molar-refractivity contribution is 0.705. The Morgan fingerprint density at radius 2 is 2.26 bits per heavy atom. The van der Waals surface area contributed by atoms with Gasteiger partial charge in [-0.15, -0.1) is 0 Å². The number of benzene rings is 1. The van der Waals surface area contributed by atoms with Crippen molar-refractivity contribution < 1.29 is 0 Å². The molecule has 1 N–H and O–H groups in total. The van der Waals surface area contributed by atoms with Crippen LogP contribution in [0.1, 0.15) is 5.56 Å². The van der Waals surface area contributed by atoms with Gasteiger partial charge in [-0.2, -0.15) is 5.10 Å². The maximum Gasteiger partial charge on any atom is 0.178 e. The fourth-order valence-corrected chi connectivity index (χ4v) is 2.84. The number of rotatable bonds is 3. The van der Waals surface area contributed by atoms with Gasteiger partial charge in [0.2, 0.25) is 0 Å². The van der Waals surface area contributed by atoms with E-state index in [1.165, 1.54) is 5.56 Å². The summed E-state index contributed by atoms with van der Waals surface area (Å²) in [5.41, 5.74) is 3.41. The Morgan fingerprint density at radius 1 is 1.42 bits per heavy atom. The number of H-pyrrole nitrogens is 1. The first-order valence-corrected chi connectivity index (χ1v) is 7.19. The number of nitrogens with zero attached hydrogens (tertiary/aromatic N) is 3. The second-order valence-corrected chi connectivity index (χ2v) is 5.82. The van der Waals surface area contributed by atoms with Crippen molar-refractivity contribution in [3.05, 3.63) is 45.4 Å².